The van der Waals surface area contributed by atoms with E-state index in [0.29, 0.717) is 27.6 Å². The van der Waals surface area contributed by atoms with E-state index in [9.17, 15) is 15.4 Å². The molecule has 0 aliphatic heterocycles. The van der Waals surface area contributed by atoms with Crippen LogP contribution in [0.4, 0.5) is 10.7 Å². The van der Waals surface area contributed by atoms with Gasteiger partial charge in [0.2, 0.25) is 0 Å². The van der Waals surface area contributed by atoms with E-state index in [2.05, 4.69) is 31.8 Å². The molecule has 0 radical (unpaired) electrons. The van der Waals surface area contributed by atoms with Gasteiger partial charge < -0.3 is 0 Å². The molecular weight excluding hydrogens is 358 g/mol. The molecule has 6 heteroatoms. The summed E-state index contributed by atoms with van der Waals surface area (Å²) in [7, 11) is 0. The standard InChI is InChI=1S/C21H23N3O2S/c1-13-5-6-14(9-18(13)24(25)26)12-23-20-17(11-22)16-8-7-15(21(2,3)4)10-19(16)27-20/h5-6,9,12,15H,7-8,10H2,1-4H3/t15-/m1/s1. The highest BCUT2D eigenvalue weighted by molar-refractivity contribution is 7.16. The van der Waals surface area contributed by atoms with Crippen molar-refractivity contribution >= 4 is 28.2 Å². The molecule has 3 rings (SSSR count). The van der Waals surface area contributed by atoms with E-state index in [1.807, 2.05) is 0 Å². The Morgan fingerprint density at radius 1 is 1.41 bits per heavy atom. The zero-order chi connectivity index (χ0) is 19.8. The van der Waals surface area contributed by atoms with Gasteiger partial charge in [-0.25, -0.2) is 4.99 Å². The average Bonchev–Trinajstić information content (AvgIpc) is 2.96. The van der Waals surface area contributed by atoms with E-state index >= 15 is 0 Å². The number of aliphatic imine (C=N–C) groups is 1. The Labute approximate surface area is 163 Å². The Balaban J connectivity index is 1.92. The topological polar surface area (TPSA) is 79.3 Å². The van der Waals surface area contributed by atoms with Gasteiger partial charge in [0.1, 0.15) is 11.1 Å². The molecule has 1 aliphatic carbocycles. The highest BCUT2D eigenvalue weighted by Crippen LogP contribution is 2.44. The first kappa shape index (κ1) is 19.2. The van der Waals surface area contributed by atoms with Crippen LogP contribution in [0.5, 0.6) is 0 Å². The number of nitrogens with zero attached hydrogens (tertiary/aromatic N) is 3. The van der Waals surface area contributed by atoms with Gasteiger partial charge in [0.25, 0.3) is 5.69 Å². The van der Waals surface area contributed by atoms with Gasteiger partial charge in [-0.1, -0.05) is 32.9 Å². The molecule has 5 nitrogen and oxygen atoms in total. The van der Waals surface area contributed by atoms with E-state index in [4.69, 9.17) is 0 Å². The molecule has 1 aromatic heterocycles. The minimum absolute atomic E-state index is 0.0814. The summed E-state index contributed by atoms with van der Waals surface area (Å²) in [5.41, 5.74) is 3.42. The van der Waals surface area contributed by atoms with Crippen LogP contribution in [0.1, 0.15) is 54.3 Å². The number of hydrogen-bond acceptors (Lipinski definition) is 5. The molecule has 27 heavy (non-hydrogen) atoms. The van der Waals surface area contributed by atoms with Crippen molar-refractivity contribution in [2.45, 2.75) is 47.0 Å². The Morgan fingerprint density at radius 3 is 2.78 bits per heavy atom. The van der Waals surface area contributed by atoms with Gasteiger partial charge in [0.15, 0.2) is 0 Å². The molecule has 0 unspecified atom stereocenters. The number of aryl methyl sites for hydroxylation is 1. The van der Waals surface area contributed by atoms with Crippen LogP contribution in [0.2, 0.25) is 0 Å². The molecule has 0 amide bonds. The minimum Gasteiger partial charge on any atom is -0.258 e. The summed E-state index contributed by atoms with van der Waals surface area (Å²) < 4.78 is 0. The summed E-state index contributed by atoms with van der Waals surface area (Å²) in [4.78, 5) is 16.5. The maximum absolute atomic E-state index is 11.1. The third-order valence-electron chi connectivity index (χ3n) is 5.34. The molecule has 0 N–H and O–H groups in total. The first-order valence-electron chi connectivity index (χ1n) is 9.04. The molecule has 0 fully saturated rings. The molecule has 0 saturated carbocycles. The lowest BCUT2D eigenvalue weighted by molar-refractivity contribution is -0.385. The number of benzene rings is 1. The number of nitro benzene ring substituents is 1. The molecule has 1 atom stereocenters. The smallest absolute Gasteiger partial charge is 0.258 e. The third kappa shape index (κ3) is 3.93. The van der Waals surface area contributed by atoms with Gasteiger partial charge in [0, 0.05) is 22.7 Å². The summed E-state index contributed by atoms with van der Waals surface area (Å²) in [6.07, 6.45) is 4.62. The van der Waals surface area contributed by atoms with Crippen LogP contribution >= 0.6 is 11.3 Å². The van der Waals surface area contributed by atoms with Gasteiger partial charge in [-0.2, -0.15) is 5.26 Å². The molecule has 0 spiro atoms. The summed E-state index contributed by atoms with van der Waals surface area (Å²) in [6, 6.07) is 7.37. The maximum atomic E-state index is 11.1. The first-order chi connectivity index (χ1) is 12.7. The van der Waals surface area contributed by atoms with E-state index in [1.165, 1.54) is 10.9 Å². The van der Waals surface area contributed by atoms with E-state index in [1.54, 1.807) is 36.6 Å². The fourth-order valence-electron chi connectivity index (χ4n) is 3.55. The van der Waals surface area contributed by atoms with Gasteiger partial charge in [0.05, 0.1) is 10.5 Å². The van der Waals surface area contributed by atoms with Crippen molar-refractivity contribution in [3.63, 3.8) is 0 Å². The van der Waals surface area contributed by atoms with Crippen LogP contribution in [-0.4, -0.2) is 11.1 Å². The first-order valence-corrected chi connectivity index (χ1v) is 9.86. The van der Waals surface area contributed by atoms with Gasteiger partial charge in [-0.3, -0.25) is 10.1 Å². The van der Waals surface area contributed by atoms with E-state index < -0.39 is 0 Å². The van der Waals surface area contributed by atoms with Crippen LogP contribution < -0.4 is 0 Å². The zero-order valence-electron chi connectivity index (χ0n) is 16.1. The maximum Gasteiger partial charge on any atom is 0.272 e. The Bertz CT molecular complexity index is 961. The lowest BCUT2D eigenvalue weighted by atomic mass is 9.72. The fraction of sp³-hybridized carbons (Fsp3) is 0.429. The second-order valence-corrected chi connectivity index (χ2v) is 9.25. The van der Waals surface area contributed by atoms with Crippen molar-refractivity contribution in [2.75, 3.05) is 0 Å². The molecule has 1 aliphatic rings. The second kappa shape index (κ2) is 7.24. The summed E-state index contributed by atoms with van der Waals surface area (Å²) >= 11 is 1.58. The third-order valence-corrected chi connectivity index (χ3v) is 6.51. The fourth-order valence-corrected chi connectivity index (χ4v) is 4.78. The summed E-state index contributed by atoms with van der Waals surface area (Å²) in [6.45, 7) is 8.52. The van der Waals surface area contributed by atoms with Gasteiger partial charge in [-0.15, -0.1) is 11.3 Å². The SMILES string of the molecule is Cc1ccc(C=Nc2sc3c(c2C#N)CC[C@@H](C(C)(C)C)C3)cc1[N+](=O)[O-]. The molecule has 0 saturated heterocycles. The number of fused-ring (bicyclic) bond motifs is 1. The average molecular weight is 382 g/mol. The molecule has 1 heterocycles. The number of nitriles is 1. The second-order valence-electron chi connectivity index (χ2n) is 8.16. The lowest BCUT2D eigenvalue weighted by Crippen LogP contribution is -2.26. The van der Waals surface area contributed by atoms with Crippen molar-refractivity contribution in [3.8, 4) is 6.07 Å². The molecule has 0 bridgehead atoms. The molecule has 140 valence electrons. The predicted octanol–water partition coefficient (Wildman–Crippen LogP) is 5.74. The Kier molecular flexibility index (Phi) is 5.16. The van der Waals surface area contributed by atoms with E-state index in [0.717, 1.165) is 24.8 Å². The van der Waals surface area contributed by atoms with E-state index in [-0.39, 0.29) is 16.0 Å². The van der Waals surface area contributed by atoms with Crippen LogP contribution in [0.15, 0.2) is 23.2 Å². The van der Waals surface area contributed by atoms with Crippen LogP contribution in [0, 0.1) is 39.7 Å². The van der Waals surface area contributed by atoms with Crippen LogP contribution in [0.25, 0.3) is 0 Å². The predicted molar refractivity (Wildman–Crippen MR) is 109 cm³/mol. The number of rotatable bonds is 3. The van der Waals surface area contributed by atoms with Crippen LogP contribution in [-0.2, 0) is 12.8 Å². The number of thiophene rings is 1. The quantitative estimate of drug-likeness (QED) is 0.386. The van der Waals surface area contributed by atoms with Crippen LogP contribution in [0.3, 0.4) is 0 Å². The molecule has 2 aromatic rings. The lowest BCUT2D eigenvalue weighted by Gasteiger charge is -2.33. The highest BCUT2D eigenvalue weighted by Gasteiger charge is 2.32. The number of nitro groups is 1. The van der Waals surface area contributed by atoms with Crippen molar-refractivity contribution in [2.24, 2.45) is 16.3 Å². The zero-order valence-corrected chi connectivity index (χ0v) is 16.9. The minimum atomic E-state index is -0.385. The highest BCUT2D eigenvalue weighted by atomic mass is 32.1. The van der Waals surface area contributed by atoms with Crippen molar-refractivity contribution in [1.82, 2.24) is 0 Å². The van der Waals surface area contributed by atoms with Crippen molar-refractivity contribution in [3.05, 3.63) is 55.4 Å². The Morgan fingerprint density at radius 2 is 2.15 bits per heavy atom. The summed E-state index contributed by atoms with van der Waals surface area (Å²) in [5.74, 6) is 0.603. The Hall–Kier alpha value is -2.52. The van der Waals surface area contributed by atoms with Crippen molar-refractivity contribution in [1.29, 1.82) is 5.26 Å². The normalized spacial score (nSPS) is 16.9. The van der Waals surface area contributed by atoms with Gasteiger partial charge in [-0.05, 0) is 48.6 Å². The molecular formula is C21H23N3O2S. The monoisotopic (exact) mass is 381 g/mol. The number of hydrogen-bond donors (Lipinski definition) is 0. The van der Waals surface area contributed by atoms with Gasteiger partial charge >= 0.3 is 0 Å². The molecule has 1 aromatic carbocycles. The summed E-state index contributed by atoms with van der Waals surface area (Å²) in [5, 5.41) is 21.5. The largest absolute Gasteiger partial charge is 0.272 e. The van der Waals surface area contributed by atoms with Crippen molar-refractivity contribution < 1.29 is 4.92 Å².